The van der Waals surface area contributed by atoms with Crippen LogP contribution in [0.4, 0.5) is 16.2 Å². The van der Waals surface area contributed by atoms with Crippen LogP contribution >= 0.6 is 23.2 Å². The fourth-order valence-corrected chi connectivity index (χ4v) is 3.80. The van der Waals surface area contributed by atoms with Crippen LogP contribution in [0.2, 0.25) is 10.0 Å². The molecule has 0 saturated heterocycles. The van der Waals surface area contributed by atoms with Crippen molar-refractivity contribution in [2.45, 2.75) is 33.3 Å². The van der Waals surface area contributed by atoms with Crippen molar-refractivity contribution in [3.63, 3.8) is 0 Å². The van der Waals surface area contributed by atoms with Crippen molar-refractivity contribution in [1.82, 2.24) is 4.98 Å². The van der Waals surface area contributed by atoms with Crippen molar-refractivity contribution in [2.75, 3.05) is 17.2 Å². The lowest BCUT2D eigenvalue weighted by molar-refractivity contribution is -0.111. The molecule has 0 fully saturated rings. The Kier molecular flexibility index (Phi) is 8.09. The number of anilines is 2. The van der Waals surface area contributed by atoms with Crippen LogP contribution in [-0.2, 0) is 14.3 Å². The molecule has 0 aliphatic rings. The summed E-state index contributed by atoms with van der Waals surface area (Å²) in [6.07, 6.45) is 2.19. The van der Waals surface area contributed by atoms with E-state index >= 15 is 0 Å². The van der Waals surface area contributed by atoms with E-state index in [2.05, 4.69) is 15.6 Å². The van der Waals surface area contributed by atoms with E-state index in [9.17, 15) is 14.4 Å². The van der Waals surface area contributed by atoms with E-state index in [1.54, 1.807) is 64.1 Å². The number of fused-ring (bicyclic) bond motifs is 1. The summed E-state index contributed by atoms with van der Waals surface area (Å²) in [6, 6.07) is 9.71. The lowest BCUT2D eigenvalue weighted by Gasteiger charge is -2.19. The van der Waals surface area contributed by atoms with E-state index in [-0.39, 0.29) is 12.3 Å². The van der Waals surface area contributed by atoms with Gasteiger partial charge >= 0.3 is 12.1 Å². The number of benzene rings is 2. The second-order valence-electron chi connectivity index (χ2n) is 8.47. The van der Waals surface area contributed by atoms with E-state index < -0.39 is 23.6 Å². The maximum absolute atomic E-state index is 12.5. The van der Waals surface area contributed by atoms with Crippen molar-refractivity contribution >= 4 is 69.5 Å². The number of H-pyrrole nitrogens is 1. The fourth-order valence-electron chi connectivity index (χ4n) is 3.21. The van der Waals surface area contributed by atoms with Crippen molar-refractivity contribution in [3.8, 4) is 0 Å². The Balaban J connectivity index is 1.76. The molecule has 1 heterocycles. The van der Waals surface area contributed by atoms with Crippen LogP contribution < -0.4 is 10.6 Å². The summed E-state index contributed by atoms with van der Waals surface area (Å²) in [5.41, 5.74) is 1.51. The zero-order valence-electron chi connectivity index (χ0n) is 19.6. The number of hydrogen-bond acceptors (Lipinski definition) is 5. The Hall–Kier alpha value is -3.49. The molecular weight excluding hydrogens is 493 g/mol. The number of ether oxygens (including phenoxy) is 2. The molecule has 10 heteroatoms. The minimum absolute atomic E-state index is 0.160. The molecule has 0 unspecified atom stereocenters. The summed E-state index contributed by atoms with van der Waals surface area (Å²) >= 11 is 12.4. The zero-order chi connectivity index (χ0) is 25.8. The van der Waals surface area contributed by atoms with Crippen molar-refractivity contribution in [3.05, 3.63) is 63.8 Å². The van der Waals surface area contributed by atoms with Crippen LogP contribution in [0, 0.1) is 0 Å². The average Bonchev–Trinajstić information content (AvgIpc) is 3.11. The number of rotatable bonds is 6. The Labute approximate surface area is 212 Å². The van der Waals surface area contributed by atoms with Gasteiger partial charge in [-0.15, -0.1) is 0 Å². The average molecular weight is 518 g/mol. The van der Waals surface area contributed by atoms with E-state index in [1.165, 1.54) is 12.2 Å². The van der Waals surface area contributed by atoms with Crippen LogP contribution in [-0.4, -0.2) is 35.2 Å². The number of esters is 1. The molecule has 0 atom stereocenters. The third-order valence-corrected chi connectivity index (χ3v) is 5.05. The first-order chi connectivity index (χ1) is 16.5. The Bertz CT molecular complexity index is 1290. The molecule has 0 aliphatic carbocycles. The lowest BCUT2D eigenvalue weighted by atomic mass is 10.1. The molecule has 3 N–H and O–H groups in total. The zero-order valence-corrected chi connectivity index (χ0v) is 21.1. The molecule has 0 spiro atoms. The minimum atomic E-state index is -0.612. The van der Waals surface area contributed by atoms with Crippen LogP contribution in [0.15, 0.2) is 42.5 Å². The lowest BCUT2D eigenvalue weighted by Crippen LogP contribution is -2.27. The normalized spacial score (nSPS) is 11.5. The van der Waals surface area contributed by atoms with E-state index in [0.717, 1.165) is 0 Å². The number of carbonyl (C=O) groups is 3. The van der Waals surface area contributed by atoms with Gasteiger partial charge in [-0.2, -0.15) is 0 Å². The molecule has 3 rings (SSSR count). The molecule has 35 heavy (non-hydrogen) atoms. The van der Waals surface area contributed by atoms with Crippen LogP contribution in [0.5, 0.6) is 0 Å². The number of carbonyl (C=O) groups excluding carboxylic acids is 3. The largest absolute Gasteiger partial charge is 0.461 e. The van der Waals surface area contributed by atoms with Crippen molar-refractivity contribution in [2.24, 2.45) is 0 Å². The maximum Gasteiger partial charge on any atom is 0.412 e. The second kappa shape index (κ2) is 10.8. The topological polar surface area (TPSA) is 110 Å². The molecule has 2 amide bonds. The van der Waals surface area contributed by atoms with Gasteiger partial charge in [-0.25, -0.2) is 9.59 Å². The van der Waals surface area contributed by atoms with Gasteiger partial charge in [0.15, 0.2) is 0 Å². The SMILES string of the molecule is CCOC(=O)c1[nH]c2cc(Cl)cc(Cl)c2c1/C=C/C(=O)Nc1ccc(NC(=O)OC(C)(C)C)cc1. The van der Waals surface area contributed by atoms with Crippen LogP contribution in [0.25, 0.3) is 17.0 Å². The number of amides is 2. The van der Waals surface area contributed by atoms with Crippen molar-refractivity contribution < 1.29 is 23.9 Å². The molecule has 0 saturated carbocycles. The molecule has 8 nitrogen and oxygen atoms in total. The summed E-state index contributed by atoms with van der Waals surface area (Å²) < 4.78 is 10.3. The summed E-state index contributed by atoms with van der Waals surface area (Å²) in [7, 11) is 0. The monoisotopic (exact) mass is 517 g/mol. The minimum Gasteiger partial charge on any atom is -0.461 e. The molecule has 1 aromatic heterocycles. The van der Waals surface area contributed by atoms with E-state index in [0.29, 0.717) is 37.9 Å². The molecule has 0 aliphatic heterocycles. The molecule has 0 bridgehead atoms. The van der Waals surface area contributed by atoms with Gasteiger partial charge in [0.25, 0.3) is 0 Å². The smallest absolute Gasteiger partial charge is 0.412 e. The number of nitrogens with one attached hydrogen (secondary N) is 3. The predicted octanol–water partition coefficient (Wildman–Crippen LogP) is 6.65. The Morgan fingerprint density at radius 2 is 1.66 bits per heavy atom. The molecule has 2 aromatic carbocycles. The van der Waals surface area contributed by atoms with Crippen LogP contribution in [0.1, 0.15) is 43.7 Å². The summed E-state index contributed by atoms with van der Waals surface area (Å²) in [5.74, 6) is -1.02. The van der Waals surface area contributed by atoms with Gasteiger partial charge in [-0.1, -0.05) is 23.2 Å². The van der Waals surface area contributed by atoms with Crippen molar-refractivity contribution in [1.29, 1.82) is 0 Å². The van der Waals surface area contributed by atoms with Gasteiger partial charge < -0.3 is 19.8 Å². The standard InChI is InChI=1S/C25H25Cl2N3O5/c1-5-34-23(32)22-17(21-18(27)12-14(26)13-19(21)30-22)10-11-20(31)28-15-6-8-16(9-7-15)29-24(33)35-25(2,3)4/h6-13,30H,5H2,1-4H3,(H,28,31)(H,29,33)/b11-10+. The number of aromatic amines is 1. The highest BCUT2D eigenvalue weighted by atomic mass is 35.5. The highest BCUT2D eigenvalue weighted by Crippen LogP contribution is 2.33. The van der Waals surface area contributed by atoms with Gasteiger partial charge in [0.05, 0.1) is 11.6 Å². The summed E-state index contributed by atoms with van der Waals surface area (Å²) in [5, 5.41) is 6.61. The third kappa shape index (κ3) is 7.00. The maximum atomic E-state index is 12.5. The Morgan fingerprint density at radius 1 is 1.03 bits per heavy atom. The number of hydrogen-bond donors (Lipinski definition) is 3. The molecule has 3 aromatic rings. The van der Waals surface area contributed by atoms with E-state index in [4.69, 9.17) is 32.7 Å². The van der Waals surface area contributed by atoms with Gasteiger partial charge in [0.2, 0.25) is 5.91 Å². The fraction of sp³-hybridized carbons (Fsp3) is 0.240. The molecular formula is C25H25Cl2N3O5. The highest BCUT2D eigenvalue weighted by molar-refractivity contribution is 6.39. The quantitative estimate of drug-likeness (QED) is 0.250. The van der Waals surface area contributed by atoms with E-state index in [1.807, 2.05) is 0 Å². The number of aromatic nitrogens is 1. The third-order valence-electron chi connectivity index (χ3n) is 4.53. The first-order valence-corrected chi connectivity index (χ1v) is 11.5. The molecule has 0 radical (unpaired) electrons. The predicted molar refractivity (Wildman–Crippen MR) is 138 cm³/mol. The first kappa shape index (κ1) is 26.1. The summed E-state index contributed by atoms with van der Waals surface area (Å²) in [4.78, 5) is 39.8. The van der Waals surface area contributed by atoms with Gasteiger partial charge in [0, 0.05) is 38.9 Å². The first-order valence-electron chi connectivity index (χ1n) is 10.7. The summed E-state index contributed by atoms with van der Waals surface area (Å²) in [6.45, 7) is 7.20. The Morgan fingerprint density at radius 3 is 2.26 bits per heavy atom. The van der Waals surface area contributed by atoms with Crippen LogP contribution in [0.3, 0.4) is 0 Å². The van der Waals surface area contributed by atoms with Gasteiger partial charge in [0.1, 0.15) is 11.3 Å². The van der Waals surface area contributed by atoms with Gasteiger partial charge in [-0.3, -0.25) is 10.1 Å². The number of halogens is 2. The van der Waals surface area contributed by atoms with Gasteiger partial charge in [-0.05, 0) is 70.2 Å². The molecule has 184 valence electrons. The second-order valence-corrected chi connectivity index (χ2v) is 9.31. The highest BCUT2D eigenvalue weighted by Gasteiger charge is 2.20.